The number of rotatable bonds is 4. The molecule has 3 unspecified atom stereocenters. The summed E-state index contributed by atoms with van der Waals surface area (Å²) in [4.78, 5) is 27.5. The van der Waals surface area contributed by atoms with Crippen molar-refractivity contribution in [3.8, 4) is 0 Å². The molecule has 0 aromatic carbocycles. The Morgan fingerprint density at radius 3 is 2.39 bits per heavy atom. The van der Waals surface area contributed by atoms with E-state index in [1.165, 1.54) is 12.8 Å². The lowest BCUT2D eigenvalue weighted by molar-refractivity contribution is -0.132. The maximum Gasteiger partial charge on any atom is 0.409 e. The number of nitrogens with zero attached hydrogens (tertiary/aromatic N) is 2. The van der Waals surface area contributed by atoms with Crippen LogP contribution in [-0.4, -0.2) is 67.2 Å². The van der Waals surface area contributed by atoms with Gasteiger partial charge in [-0.1, -0.05) is 26.7 Å². The highest BCUT2D eigenvalue weighted by Gasteiger charge is 2.29. The first-order chi connectivity index (χ1) is 11.0. The van der Waals surface area contributed by atoms with Gasteiger partial charge in [-0.25, -0.2) is 4.79 Å². The number of carbonyl (C=O) groups is 2. The van der Waals surface area contributed by atoms with Gasteiger partial charge in [-0.15, -0.1) is 0 Å². The van der Waals surface area contributed by atoms with Crippen LogP contribution in [0.5, 0.6) is 0 Å². The molecule has 3 atom stereocenters. The maximum atomic E-state index is 12.4. The second kappa shape index (κ2) is 8.52. The molecule has 0 bridgehead atoms. The minimum atomic E-state index is -0.275. The van der Waals surface area contributed by atoms with E-state index in [9.17, 15) is 9.59 Å². The SMILES string of the molecule is CCOC(=O)N1CCN(C(=O)CNC2CCCC(C)C2C)CC1. The Balaban J connectivity index is 1.72. The van der Waals surface area contributed by atoms with Crippen molar-refractivity contribution < 1.29 is 14.3 Å². The third kappa shape index (κ3) is 4.83. The summed E-state index contributed by atoms with van der Waals surface area (Å²) in [6, 6.07) is 0.448. The highest BCUT2D eigenvalue weighted by molar-refractivity contribution is 5.78. The van der Waals surface area contributed by atoms with Gasteiger partial charge >= 0.3 is 6.09 Å². The standard InChI is InChI=1S/C17H31N3O3/c1-4-23-17(22)20-10-8-19(9-11-20)16(21)12-18-15-7-5-6-13(2)14(15)3/h13-15,18H,4-12H2,1-3H3. The summed E-state index contributed by atoms with van der Waals surface area (Å²) < 4.78 is 5.00. The van der Waals surface area contributed by atoms with Crippen molar-refractivity contribution >= 4 is 12.0 Å². The zero-order valence-corrected chi connectivity index (χ0v) is 14.7. The molecule has 1 saturated heterocycles. The summed E-state index contributed by atoms with van der Waals surface area (Å²) in [7, 11) is 0. The molecule has 0 aromatic heterocycles. The lowest BCUT2D eigenvalue weighted by Crippen LogP contribution is -2.53. The van der Waals surface area contributed by atoms with Crippen molar-refractivity contribution in [2.75, 3.05) is 39.3 Å². The minimum absolute atomic E-state index is 0.138. The van der Waals surface area contributed by atoms with E-state index < -0.39 is 0 Å². The van der Waals surface area contributed by atoms with E-state index in [1.807, 2.05) is 4.90 Å². The molecule has 2 rings (SSSR count). The average Bonchev–Trinajstić information content (AvgIpc) is 2.56. The van der Waals surface area contributed by atoms with Crippen LogP contribution in [0.15, 0.2) is 0 Å². The first-order valence-corrected chi connectivity index (χ1v) is 8.95. The van der Waals surface area contributed by atoms with Gasteiger partial charge in [0.2, 0.25) is 5.91 Å². The van der Waals surface area contributed by atoms with Crippen LogP contribution in [-0.2, 0) is 9.53 Å². The van der Waals surface area contributed by atoms with Crippen LogP contribution in [0.1, 0.15) is 40.0 Å². The smallest absolute Gasteiger partial charge is 0.409 e. The van der Waals surface area contributed by atoms with Crippen LogP contribution in [0.2, 0.25) is 0 Å². The van der Waals surface area contributed by atoms with E-state index in [4.69, 9.17) is 4.74 Å². The normalized spacial score (nSPS) is 28.6. The van der Waals surface area contributed by atoms with E-state index in [1.54, 1.807) is 11.8 Å². The zero-order valence-electron chi connectivity index (χ0n) is 14.7. The average molecular weight is 325 g/mol. The Morgan fingerprint density at radius 2 is 1.74 bits per heavy atom. The quantitative estimate of drug-likeness (QED) is 0.854. The highest BCUT2D eigenvalue weighted by atomic mass is 16.6. The molecule has 0 radical (unpaired) electrons. The first kappa shape index (κ1) is 18.0. The lowest BCUT2D eigenvalue weighted by atomic mass is 9.78. The molecular weight excluding hydrogens is 294 g/mol. The van der Waals surface area contributed by atoms with Gasteiger partial charge in [0.1, 0.15) is 0 Å². The molecule has 132 valence electrons. The number of ether oxygens (including phenoxy) is 1. The van der Waals surface area contributed by atoms with Crippen LogP contribution in [0.25, 0.3) is 0 Å². The molecule has 6 nitrogen and oxygen atoms in total. The van der Waals surface area contributed by atoms with E-state index >= 15 is 0 Å². The predicted octanol–water partition coefficient (Wildman–Crippen LogP) is 1.70. The van der Waals surface area contributed by atoms with Gasteiger partial charge in [0.25, 0.3) is 0 Å². The van der Waals surface area contributed by atoms with Crippen molar-refractivity contribution in [3.63, 3.8) is 0 Å². The third-order valence-electron chi connectivity index (χ3n) is 5.38. The van der Waals surface area contributed by atoms with Gasteiger partial charge in [-0.2, -0.15) is 0 Å². The van der Waals surface area contributed by atoms with Crippen molar-refractivity contribution in [2.24, 2.45) is 11.8 Å². The topological polar surface area (TPSA) is 61.9 Å². The fourth-order valence-corrected chi connectivity index (χ4v) is 3.55. The Bertz CT molecular complexity index is 408. The van der Waals surface area contributed by atoms with Crippen LogP contribution in [0.3, 0.4) is 0 Å². The molecule has 2 amide bonds. The fraction of sp³-hybridized carbons (Fsp3) is 0.882. The van der Waals surface area contributed by atoms with Gasteiger partial charge in [0.15, 0.2) is 0 Å². The molecule has 1 N–H and O–H groups in total. The van der Waals surface area contributed by atoms with Gasteiger partial charge < -0.3 is 19.9 Å². The number of amides is 2. The molecule has 1 heterocycles. The Morgan fingerprint density at radius 1 is 1.09 bits per heavy atom. The molecule has 2 aliphatic rings. The predicted molar refractivity (Wildman–Crippen MR) is 89.1 cm³/mol. The van der Waals surface area contributed by atoms with Crippen LogP contribution in [0.4, 0.5) is 4.79 Å². The first-order valence-electron chi connectivity index (χ1n) is 8.95. The summed E-state index contributed by atoms with van der Waals surface area (Å²) in [6.45, 7) is 9.48. The molecule has 0 aromatic rings. The van der Waals surface area contributed by atoms with Crippen molar-refractivity contribution in [3.05, 3.63) is 0 Å². The number of nitrogens with one attached hydrogen (secondary N) is 1. The molecular formula is C17H31N3O3. The van der Waals surface area contributed by atoms with Crippen LogP contribution in [0, 0.1) is 11.8 Å². The van der Waals surface area contributed by atoms with Crippen molar-refractivity contribution in [1.29, 1.82) is 0 Å². The largest absolute Gasteiger partial charge is 0.450 e. The van der Waals surface area contributed by atoms with Gasteiger partial charge in [0.05, 0.1) is 13.2 Å². The van der Waals surface area contributed by atoms with Gasteiger partial charge in [0, 0.05) is 32.2 Å². The fourth-order valence-electron chi connectivity index (χ4n) is 3.55. The lowest BCUT2D eigenvalue weighted by Gasteiger charge is -2.36. The summed E-state index contributed by atoms with van der Waals surface area (Å²) >= 11 is 0. The zero-order chi connectivity index (χ0) is 16.8. The molecule has 0 spiro atoms. The summed E-state index contributed by atoms with van der Waals surface area (Å²) in [5, 5.41) is 3.46. The summed E-state index contributed by atoms with van der Waals surface area (Å²) in [5.41, 5.74) is 0. The van der Waals surface area contributed by atoms with E-state index in [-0.39, 0.29) is 12.0 Å². The van der Waals surface area contributed by atoms with E-state index in [0.717, 1.165) is 12.3 Å². The number of piperazine rings is 1. The number of hydrogen-bond donors (Lipinski definition) is 1. The number of hydrogen-bond acceptors (Lipinski definition) is 4. The maximum absolute atomic E-state index is 12.4. The van der Waals surface area contributed by atoms with E-state index in [0.29, 0.717) is 51.3 Å². The second-order valence-corrected chi connectivity index (χ2v) is 6.82. The second-order valence-electron chi connectivity index (χ2n) is 6.82. The molecule has 6 heteroatoms. The molecule has 23 heavy (non-hydrogen) atoms. The monoisotopic (exact) mass is 325 g/mol. The highest BCUT2D eigenvalue weighted by Crippen LogP contribution is 2.29. The summed E-state index contributed by atoms with van der Waals surface area (Å²) in [5.74, 6) is 1.49. The third-order valence-corrected chi connectivity index (χ3v) is 5.38. The molecule has 1 saturated carbocycles. The summed E-state index contributed by atoms with van der Waals surface area (Å²) in [6.07, 6.45) is 3.43. The van der Waals surface area contributed by atoms with Gasteiger partial charge in [-0.05, 0) is 25.2 Å². The Hall–Kier alpha value is -1.30. The van der Waals surface area contributed by atoms with Gasteiger partial charge in [-0.3, -0.25) is 4.79 Å². The molecule has 1 aliphatic carbocycles. The van der Waals surface area contributed by atoms with Crippen LogP contribution >= 0.6 is 0 Å². The molecule has 2 fully saturated rings. The minimum Gasteiger partial charge on any atom is -0.450 e. The van der Waals surface area contributed by atoms with Crippen molar-refractivity contribution in [2.45, 2.75) is 46.1 Å². The van der Waals surface area contributed by atoms with Crippen LogP contribution < -0.4 is 5.32 Å². The number of carbonyl (C=O) groups excluding carboxylic acids is 2. The molecule has 1 aliphatic heterocycles. The van der Waals surface area contributed by atoms with E-state index in [2.05, 4.69) is 19.2 Å². The Labute approximate surface area is 139 Å². The van der Waals surface area contributed by atoms with Crippen molar-refractivity contribution in [1.82, 2.24) is 15.1 Å². The Kier molecular flexibility index (Phi) is 6.69.